The van der Waals surface area contributed by atoms with Crippen molar-refractivity contribution >= 4 is 21.6 Å². The quantitative estimate of drug-likeness (QED) is 0.849. The highest BCUT2D eigenvalue weighted by Crippen LogP contribution is 2.29. The van der Waals surface area contributed by atoms with E-state index < -0.39 is 10.0 Å². The zero-order valence-corrected chi connectivity index (χ0v) is 13.6. The zero-order chi connectivity index (χ0) is 14.8. The van der Waals surface area contributed by atoms with Crippen molar-refractivity contribution in [2.75, 3.05) is 6.54 Å². The first kappa shape index (κ1) is 15.8. The summed E-state index contributed by atoms with van der Waals surface area (Å²) in [5.41, 5.74) is 1.31. The van der Waals surface area contributed by atoms with Gasteiger partial charge in [0.25, 0.3) is 10.0 Å². The third-order valence-corrected chi connectivity index (χ3v) is 6.11. The maximum absolute atomic E-state index is 12.9. The van der Waals surface area contributed by atoms with Crippen molar-refractivity contribution in [1.29, 1.82) is 0 Å². The molecule has 0 saturated carbocycles. The van der Waals surface area contributed by atoms with Gasteiger partial charge in [-0.05, 0) is 26.2 Å². The third-order valence-electron chi connectivity index (χ3n) is 3.92. The topological polar surface area (TPSA) is 66.1 Å². The molecule has 0 radical (unpaired) electrons. The molecule has 114 valence electrons. The van der Waals surface area contributed by atoms with Gasteiger partial charge >= 0.3 is 0 Å². The minimum Gasteiger partial charge on any atom is -0.281 e. The monoisotopic (exact) mass is 319 g/mol. The summed E-state index contributed by atoms with van der Waals surface area (Å²) in [5.74, 6) is 0.156. The summed E-state index contributed by atoms with van der Waals surface area (Å²) in [6, 6.07) is 0.0962. The Morgan fingerprint density at radius 1 is 1.45 bits per heavy atom. The van der Waals surface area contributed by atoms with Crippen LogP contribution in [-0.4, -0.2) is 35.5 Å². The predicted molar refractivity (Wildman–Crippen MR) is 79.3 cm³/mol. The smallest absolute Gasteiger partial charge is 0.262 e. The highest BCUT2D eigenvalue weighted by Gasteiger charge is 2.36. The number of piperidine rings is 1. The number of sulfonamides is 1. The number of hydrogen-bond acceptors (Lipinski definition) is 3. The van der Waals surface area contributed by atoms with Crippen LogP contribution in [0.5, 0.6) is 0 Å². The maximum atomic E-state index is 12.9. The summed E-state index contributed by atoms with van der Waals surface area (Å²) < 4.78 is 27.3. The number of nitrogens with one attached hydrogen (secondary N) is 1. The van der Waals surface area contributed by atoms with Crippen LogP contribution in [0.3, 0.4) is 0 Å². The second kappa shape index (κ2) is 6.45. The van der Waals surface area contributed by atoms with Crippen molar-refractivity contribution in [2.45, 2.75) is 62.9 Å². The number of nitrogens with zero attached hydrogens (tertiary/aromatic N) is 2. The van der Waals surface area contributed by atoms with E-state index in [2.05, 4.69) is 17.1 Å². The molecule has 1 aromatic rings. The molecule has 1 N–H and O–H groups in total. The molecule has 2 rings (SSSR count). The normalized spacial score (nSPS) is 21.2. The van der Waals surface area contributed by atoms with Crippen LogP contribution >= 0.6 is 11.6 Å². The van der Waals surface area contributed by atoms with Gasteiger partial charge < -0.3 is 0 Å². The first-order valence-electron chi connectivity index (χ1n) is 7.14. The molecule has 0 amide bonds. The summed E-state index contributed by atoms with van der Waals surface area (Å²) in [4.78, 5) is 0. The van der Waals surface area contributed by atoms with Gasteiger partial charge in [-0.2, -0.15) is 9.40 Å². The molecule has 0 aromatic carbocycles. The number of alkyl halides is 1. The summed E-state index contributed by atoms with van der Waals surface area (Å²) >= 11 is 5.88. The highest BCUT2D eigenvalue weighted by atomic mass is 35.5. The SMILES string of the molecule is CCCC1CCCCN1S(=O)(=O)c1n[nH]c(C)c1CCl. The van der Waals surface area contributed by atoms with Crippen molar-refractivity contribution in [3.05, 3.63) is 11.3 Å². The van der Waals surface area contributed by atoms with Crippen LogP contribution in [0.2, 0.25) is 0 Å². The van der Waals surface area contributed by atoms with Gasteiger partial charge in [0.2, 0.25) is 0 Å². The standard InChI is InChI=1S/C13H22ClN3O2S/c1-3-6-11-7-4-5-8-17(11)20(18,19)13-12(9-14)10(2)15-16-13/h11H,3-9H2,1-2H3,(H,15,16). The minimum atomic E-state index is -3.55. The summed E-state index contributed by atoms with van der Waals surface area (Å²) in [6.45, 7) is 4.46. The van der Waals surface area contributed by atoms with Crippen molar-refractivity contribution < 1.29 is 8.42 Å². The Kier molecular flexibility index (Phi) is 5.09. The van der Waals surface area contributed by atoms with E-state index in [-0.39, 0.29) is 16.9 Å². The number of aryl methyl sites for hydroxylation is 1. The van der Waals surface area contributed by atoms with Crippen LogP contribution in [0.4, 0.5) is 0 Å². The van der Waals surface area contributed by atoms with E-state index in [4.69, 9.17) is 11.6 Å². The molecule has 5 nitrogen and oxygen atoms in total. The van der Waals surface area contributed by atoms with Gasteiger partial charge in [0.1, 0.15) is 0 Å². The molecular weight excluding hydrogens is 298 g/mol. The molecule has 20 heavy (non-hydrogen) atoms. The third kappa shape index (κ3) is 2.87. The van der Waals surface area contributed by atoms with Crippen LogP contribution in [0.15, 0.2) is 5.03 Å². The number of rotatable bonds is 5. The fourth-order valence-corrected chi connectivity index (χ4v) is 5.12. The number of aromatic nitrogens is 2. The molecule has 7 heteroatoms. The lowest BCUT2D eigenvalue weighted by Gasteiger charge is -2.34. The molecule has 2 heterocycles. The lowest BCUT2D eigenvalue weighted by atomic mass is 10.0. The molecule has 1 aliphatic heterocycles. The van der Waals surface area contributed by atoms with Crippen molar-refractivity contribution in [2.24, 2.45) is 0 Å². The summed E-state index contributed by atoms with van der Waals surface area (Å²) in [5, 5.41) is 6.83. The van der Waals surface area contributed by atoms with E-state index in [9.17, 15) is 8.42 Å². The van der Waals surface area contributed by atoms with E-state index in [1.807, 2.05) is 0 Å². The van der Waals surface area contributed by atoms with Crippen LogP contribution in [-0.2, 0) is 15.9 Å². The number of hydrogen-bond donors (Lipinski definition) is 1. The fraction of sp³-hybridized carbons (Fsp3) is 0.769. The Balaban J connectivity index is 2.37. The van der Waals surface area contributed by atoms with E-state index in [1.54, 1.807) is 11.2 Å². The van der Waals surface area contributed by atoms with Gasteiger partial charge in [-0.15, -0.1) is 11.6 Å². The Hall–Kier alpha value is -0.590. The van der Waals surface area contributed by atoms with Gasteiger partial charge in [-0.25, -0.2) is 8.42 Å². The van der Waals surface area contributed by atoms with Crippen LogP contribution in [0.25, 0.3) is 0 Å². The van der Waals surface area contributed by atoms with E-state index in [1.165, 1.54) is 0 Å². The largest absolute Gasteiger partial charge is 0.281 e. The van der Waals surface area contributed by atoms with Gasteiger partial charge in [0.15, 0.2) is 5.03 Å². The van der Waals surface area contributed by atoms with E-state index in [0.717, 1.165) is 37.8 Å². The molecular formula is C13H22ClN3O2S. The zero-order valence-electron chi connectivity index (χ0n) is 12.0. The summed E-state index contributed by atoms with van der Waals surface area (Å²) in [6.07, 6.45) is 4.84. The number of H-pyrrole nitrogens is 1. The molecule has 1 aliphatic rings. The minimum absolute atomic E-state index is 0.0962. The predicted octanol–water partition coefficient (Wildman–Crippen LogP) is 2.80. The van der Waals surface area contributed by atoms with Crippen LogP contribution in [0.1, 0.15) is 50.3 Å². The molecule has 1 unspecified atom stereocenters. The first-order valence-corrected chi connectivity index (χ1v) is 9.11. The Morgan fingerprint density at radius 3 is 2.85 bits per heavy atom. The second-order valence-corrected chi connectivity index (χ2v) is 7.39. The molecule has 1 fully saturated rings. The van der Waals surface area contributed by atoms with Crippen LogP contribution < -0.4 is 0 Å². The van der Waals surface area contributed by atoms with Gasteiger partial charge in [-0.1, -0.05) is 19.8 Å². The van der Waals surface area contributed by atoms with Crippen molar-refractivity contribution in [3.63, 3.8) is 0 Å². The fourth-order valence-electron chi connectivity index (χ4n) is 2.82. The summed E-state index contributed by atoms with van der Waals surface area (Å²) in [7, 11) is -3.55. The molecule has 1 atom stereocenters. The van der Waals surface area contributed by atoms with Gasteiger partial charge in [0.05, 0.1) is 5.88 Å². The van der Waals surface area contributed by atoms with Gasteiger partial charge in [0, 0.05) is 23.8 Å². The molecule has 0 spiro atoms. The second-order valence-electron chi connectivity index (χ2n) is 5.32. The number of halogens is 1. The highest BCUT2D eigenvalue weighted by molar-refractivity contribution is 7.89. The van der Waals surface area contributed by atoms with E-state index >= 15 is 0 Å². The van der Waals surface area contributed by atoms with Crippen molar-refractivity contribution in [3.8, 4) is 0 Å². The molecule has 0 aliphatic carbocycles. The number of aromatic amines is 1. The molecule has 0 bridgehead atoms. The average molecular weight is 320 g/mol. The van der Waals surface area contributed by atoms with Crippen LogP contribution in [0, 0.1) is 6.92 Å². The Bertz CT molecular complexity index is 554. The lowest BCUT2D eigenvalue weighted by Crippen LogP contribution is -2.43. The van der Waals surface area contributed by atoms with E-state index in [0.29, 0.717) is 12.1 Å². The maximum Gasteiger partial charge on any atom is 0.262 e. The Labute approximate surface area is 125 Å². The molecule has 1 aromatic heterocycles. The van der Waals surface area contributed by atoms with Gasteiger partial charge in [-0.3, -0.25) is 5.10 Å². The lowest BCUT2D eigenvalue weighted by molar-refractivity contribution is 0.239. The average Bonchev–Trinajstić information content (AvgIpc) is 2.81. The first-order chi connectivity index (χ1) is 9.52. The molecule has 1 saturated heterocycles. The van der Waals surface area contributed by atoms with Crippen molar-refractivity contribution in [1.82, 2.24) is 14.5 Å². The Morgan fingerprint density at radius 2 is 2.20 bits per heavy atom.